The lowest BCUT2D eigenvalue weighted by molar-refractivity contribution is -0.137. The predicted molar refractivity (Wildman–Crippen MR) is 82.6 cm³/mol. The molecule has 122 valence electrons. The summed E-state index contributed by atoms with van der Waals surface area (Å²) >= 11 is 11.9. The van der Waals surface area contributed by atoms with Gasteiger partial charge >= 0.3 is 5.97 Å². The number of carboxylic acid groups (broad SMARTS) is 1. The zero-order chi connectivity index (χ0) is 16.3. The number of carboxylic acids is 1. The second-order valence-electron chi connectivity index (χ2n) is 5.26. The van der Waals surface area contributed by atoms with E-state index in [2.05, 4.69) is 0 Å². The van der Waals surface area contributed by atoms with E-state index in [0.29, 0.717) is 23.9 Å². The summed E-state index contributed by atoms with van der Waals surface area (Å²) in [5, 5.41) is 9.43. The molecule has 0 saturated carbocycles. The molecule has 1 N–H and O–H groups in total. The van der Waals surface area contributed by atoms with Gasteiger partial charge in [-0.15, -0.1) is 0 Å². The Bertz CT molecular complexity index is 567. The SMILES string of the molecule is Cn1c(C(=O)N(CCC(=O)O)C[C@@H]2CCCO2)cc(Cl)c1Cl. The average Bonchev–Trinajstić information content (AvgIpc) is 3.07. The molecule has 1 aromatic rings. The Hall–Kier alpha value is -1.24. The van der Waals surface area contributed by atoms with Crippen molar-refractivity contribution in [2.45, 2.75) is 25.4 Å². The van der Waals surface area contributed by atoms with Crippen molar-refractivity contribution in [3.63, 3.8) is 0 Å². The Morgan fingerprint density at radius 2 is 2.23 bits per heavy atom. The lowest BCUT2D eigenvalue weighted by Gasteiger charge is -2.25. The molecule has 22 heavy (non-hydrogen) atoms. The number of aromatic nitrogens is 1. The number of nitrogens with zero attached hydrogens (tertiary/aromatic N) is 2. The van der Waals surface area contributed by atoms with Crippen LogP contribution < -0.4 is 0 Å². The van der Waals surface area contributed by atoms with E-state index < -0.39 is 5.97 Å². The normalized spacial score (nSPS) is 17.7. The molecule has 1 atom stereocenters. The van der Waals surface area contributed by atoms with Crippen LogP contribution in [0.4, 0.5) is 0 Å². The molecule has 1 aliphatic rings. The van der Waals surface area contributed by atoms with Crippen molar-refractivity contribution in [1.82, 2.24) is 9.47 Å². The molecule has 8 heteroatoms. The van der Waals surface area contributed by atoms with Gasteiger partial charge in [0.15, 0.2) is 0 Å². The highest BCUT2D eigenvalue weighted by Crippen LogP contribution is 2.26. The summed E-state index contributed by atoms with van der Waals surface area (Å²) in [5.74, 6) is -1.25. The highest BCUT2D eigenvalue weighted by atomic mass is 35.5. The number of carbonyl (C=O) groups excluding carboxylic acids is 1. The maximum atomic E-state index is 12.7. The third kappa shape index (κ3) is 3.94. The van der Waals surface area contributed by atoms with Crippen molar-refractivity contribution in [2.75, 3.05) is 19.7 Å². The fourth-order valence-electron chi connectivity index (χ4n) is 2.45. The van der Waals surface area contributed by atoms with E-state index in [1.807, 2.05) is 0 Å². The Morgan fingerprint density at radius 3 is 2.73 bits per heavy atom. The minimum Gasteiger partial charge on any atom is -0.481 e. The molecule has 1 fully saturated rings. The molecule has 0 aliphatic carbocycles. The molecule has 1 aromatic heterocycles. The maximum absolute atomic E-state index is 12.7. The van der Waals surface area contributed by atoms with E-state index >= 15 is 0 Å². The number of aliphatic carboxylic acids is 1. The van der Waals surface area contributed by atoms with E-state index in [9.17, 15) is 9.59 Å². The van der Waals surface area contributed by atoms with Crippen molar-refractivity contribution in [3.8, 4) is 0 Å². The van der Waals surface area contributed by atoms with Gasteiger partial charge in [0.05, 0.1) is 17.5 Å². The molecule has 0 unspecified atom stereocenters. The third-order valence-corrected chi connectivity index (χ3v) is 4.51. The fraction of sp³-hybridized carbons (Fsp3) is 0.571. The molecule has 2 rings (SSSR count). The zero-order valence-corrected chi connectivity index (χ0v) is 13.7. The smallest absolute Gasteiger partial charge is 0.305 e. The molecule has 1 aliphatic heterocycles. The number of amides is 1. The molecule has 0 radical (unpaired) electrons. The van der Waals surface area contributed by atoms with Gasteiger partial charge in [0.1, 0.15) is 10.8 Å². The molecular weight excluding hydrogens is 331 g/mol. The van der Waals surface area contributed by atoms with Gasteiger partial charge in [-0.25, -0.2) is 0 Å². The van der Waals surface area contributed by atoms with Crippen molar-refractivity contribution in [2.24, 2.45) is 7.05 Å². The van der Waals surface area contributed by atoms with E-state index in [1.54, 1.807) is 7.05 Å². The second-order valence-corrected chi connectivity index (χ2v) is 6.02. The summed E-state index contributed by atoms with van der Waals surface area (Å²) in [7, 11) is 1.64. The molecule has 1 amide bonds. The summed E-state index contributed by atoms with van der Waals surface area (Å²) in [6.45, 7) is 1.16. The highest BCUT2D eigenvalue weighted by molar-refractivity contribution is 6.41. The minimum atomic E-state index is -0.951. The lowest BCUT2D eigenvalue weighted by atomic mass is 10.2. The van der Waals surface area contributed by atoms with E-state index in [0.717, 1.165) is 12.8 Å². The van der Waals surface area contributed by atoms with Gasteiger partial charge in [0.2, 0.25) is 0 Å². The standard InChI is InChI=1S/C14H18Cl2N2O4/c1-17-11(7-10(15)13(17)16)14(21)18(5-4-12(19)20)8-9-3-2-6-22-9/h7,9H,2-6,8H2,1H3,(H,19,20)/t9-/m0/s1. The average molecular weight is 349 g/mol. The monoisotopic (exact) mass is 348 g/mol. The lowest BCUT2D eigenvalue weighted by Crippen LogP contribution is -2.39. The Labute approximate surface area is 138 Å². The summed E-state index contributed by atoms with van der Waals surface area (Å²) in [6.07, 6.45) is 1.65. The van der Waals surface area contributed by atoms with Crippen LogP contribution in [0.1, 0.15) is 29.8 Å². The van der Waals surface area contributed by atoms with Crippen LogP contribution in [0.3, 0.4) is 0 Å². The molecule has 6 nitrogen and oxygen atoms in total. The Kier molecular flexibility index (Phi) is 5.72. The summed E-state index contributed by atoms with van der Waals surface area (Å²) < 4.78 is 7.03. The number of hydrogen-bond donors (Lipinski definition) is 1. The Balaban J connectivity index is 2.16. The predicted octanol–water partition coefficient (Wildman–Crippen LogP) is 2.43. The van der Waals surface area contributed by atoms with E-state index in [1.165, 1.54) is 15.5 Å². The molecule has 0 bridgehead atoms. The number of hydrogen-bond acceptors (Lipinski definition) is 3. The van der Waals surface area contributed by atoms with Gasteiger partial charge in [-0.3, -0.25) is 9.59 Å². The van der Waals surface area contributed by atoms with Gasteiger partial charge in [-0.1, -0.05) is 23.2 Å². The maximum Gasteiger partial charge on any atom is 0.305 e. The summed E-state index contributed by atoms with van der Waals surface area (Å²) in [6, 6.07) is 1.50. The summed E-state index contributed by atoms with van der Waals surface area (Å²) in [4.78, 5) is 25.0. The number of carbonyl (C=O) groups is 2. The molecule has 2 heterocycles. The number of ether oxygens (including phenoxy) is 1. The van der Waals surface area contributed by atoms with Gasteiger partial charge in [-0.05, 0) is 18.9 Å². The summed E-state index contributed by atoms with van der Waals surface area (Å²) in [5.41, 5.74) is 0.332. The molecule has 0 spiro atoms. The Morgan fingerprint density at radius 1 is 1.50 bits per heavy atom. The highest BCUT2D eigenvalue weighted by Gasteiger charge is 2.26. The largest absolute Gasteiger partial charge is 0.481 e. The van der Waals surface area contributed by atoms with Crippen LogP contribution in [-0.4, -0.2) is 52.3 Å². The van der Waals surface area contributed by atoms with Crippen LogP contribution >= 0.6 is 23.2 Å². The zero-order valence-electron chi connectivity index (χ0n) is 12.2. The topological polar surface area (TPSA) is 71.8 Å². The van der Waals surface area contributed by atoms with E-state index in [-0.39, 0.29) is 30.1 Å². The van der Waals surface area contributed by atoms with Crippen molar-refractivity contribution < 1.29 is 19.4 Å². The van der Waals surface area contributed by atoms with Crippen molar-refractivity contribution in [3.05, 3.63) is 21.9 Å². The van der Waals surface area contributed by atoms with Gasteiger partial charge in [-0.2, -0.15) is 0 Å². The fourth-order valence-corrected chi connectivity index (χ4v) is 2.83. The van der Waals surface area contributed by atoms with Crippen LogP contribution in [0, 0.1) is 0 Å². The molecule has 0 aromatic carbocycles. The molecular formula is C14H18Cl2N2O4. The molecule has 1 saturated heterocycles. The first-order valence-corrected chi connectivity index (χ1v) is 7.79. The quantitative estimate of drug-likeness (QED) is 0.856. The number of rotatable bonds is 6. The first kappa shape index (κ1) is 17.1. The van der Waals surface area contributed by atoms with Crippen LogP contribution in [0.2, 0.25) is 10.2 Å². The first-order chi connectivity index (χ1) is 10.4. The third-order valence-electron chi connectivity index (χ3n) is 3.67. The minimum absolute atomic E-state index is 0.0519. The van der Waals surface area contributed by atoms with Gasteiger partial charge in [0.25, 0.3) is 5.91 Å². The van der Waals surface area contributed by atoms with E-state index in [4.69, 9.17) is 33.0 Å². The van der Waals surface area contributed by atoms with Crippen LogP contribution in [-0.2, 0) is 16.6 Å². The first-order valence-electron chi connectivity index (χ1n) is 7.03. The van der Waals surface area contributed by atoms with Gasteiger partial charge in [0, 0.05) is 26.7 Å². The van der Waals surface area contributed by atoms with Crippen molar-refractivity contribution in [1.29, 1.82) is 0 Å². The van der Waals surface area contributed by atoms with Crippen molar-refractivity contribution >= 4 is 35.1 Å². The second kappa shape index (κ2) is 7.35. The van der Waals surface area contributed by atoms with Crippen LogP contribution in [0.15, 0.2) is 6.07 Å². The van der Waals surface area contributed by atoms with Gasteiger partial charge < -0.3 is 19.3 Å². The number of halogens is 2. The van der Waals surface area contributed by atoms with Crippen LogP contribution in [0.5, 0.6) is 0 Å². The van der Waals surface area contributed by atoms with Crippen LogP contribution in [0.25, 0.3) is 0 Å².